The minimum Gasteiger partial charge on any atom is -0.480 e. The summed E-state index contributed by atoms with van der Waals surface area (Å²) >= 11 is 18.4. The normalized spacial score (nSPS) is 15.9. The van der Waals surface area contributed by atoms with Crippen LogP contribution in [0.1, 0.15) is 30.1 Å². The van der Waals surface area contributed by atoms with E-state index < -0.39 is 22.0 Å². The highest BCUT2D eigenvalue weighted by atomic mass is 35.5. The summed E-state index contributed by atoms with van der Waals surface area (Å²) < 4.78 is 35.2. The summed E-state index contributed by atoms with van der Waals surface area (Å²) in [6.45, 7) is -0.271. The standard InChI is InChI=1S/C22H20Cl3N3O5S/c1-27(18-3-2-4-19-15(18)11-26-28(19)12-22(29)30)34(31,32)14-6-8-21(17(25)10-14)33-20-7-5-13(23)9-16(20)24/h5-11,18H,2-4,12H2,1H3,(H,29,30). The third kappa shape index (κ3) is 4.89. The quantitative estimate of drug-likeness (QED) is 0.426. The van der Waals surface area contributed by atoms with E-state index in [0.717, 1.165) is 5.69 Å². The number of hydrogen-bond donors (Lipinski definition) is 1. The fourth-order valence-corrected chi connectivity index (χ4v) is 6.10. The Hall–Kier alpha value is -2.30. The molecule has 8 nitrogen and oxygen atoms in total. The molecule has 2 aromatic carbocycles. The Morgan fingerprint density at radius 1 is 1.18 bits per heavy atom. The summed E-state index contributed by atoms with van der Waals surface area (Å²) in [7, 11) is -2.43. The summed E-state index contributed by atoms with van der Waals surface area (Å²) in [5.74, 6) is -0.443. The van der Waals surface area contributed by atoms with E-state index >= 15 is 0 Å². The van der Waals surface area contributed by atoms with E-state index in [4.69, 9.17) is 44.6 Å². The van der Waals surface area contributed by atoms with Crippen LogP contribution in [-0.2, 0) is 27.8 Å². The predicted octanol–water partition coefficient (Wildman–Crippen LogP) is 5.42. The average Bonchev–Trinajstić information content (AvgIpc) is 3.18. The molecule has 0 saturated heterocycles. The van der Waals surface area contributed by atoms with Crippen LogP contribution in [0.15, 0.2) is 47.5 Å². The molecular weight excluding hydrogens is 525 g/mol. The molecule has 1 aliphatic rings. The number of halogens is 3. The van der Waals surface area contributed by atoms with Gasteiger partial charge in [-0.25, -0.2) is 8.42 Å². The third-order valence-electron chi connectivity index (χ3n) is 5.65. The van der Waals surface area contributed by atoms with Gasteiger partial charge in [0, 0.05) is 23.3 Å². The number of rotatable bonds is 7. The summed E-state index contributed by atoms with van der Waals surface area (Å²) in [6.07, 6.45) is 3.48. The predicted molar refractivity (Wildman–Crippen MR) is 128 cm³/mol. The lowest BCUT2D eigenvalue weighted by molar-refractivity contribution is -0.137. The second-order valence-corrected chi connectivity index (χ2v) is 11.0. The highest BCUT2D eigenvalue weighted by Gasteiger charge is 2.34. The van der Waals surface area contributed by atoms with Crippen molar-refractivity contribution >= 4 is 50.8 Å². The zero-order chi connectivity index (χ0) is 24.6. The van der Waals surface area contributed by atoms with E-state index in [1.165, 1.54) is 40.3 Å². The number of carbonyl (C=O) groups is 1. The maximum atomic E-state index is 13.4. The number of carboxylic acids is 1. The van der Waals surface area contributed by atoms with Gasteiger partial charge in [-0.05, 0) is 55.7 Å². The molecule has 0 saturated carbocycles. The fourth-order valence-electron chi connectivity index (χ4n) is 3.97. The molecule has 0 amide bonds. The first-order valence-corrected chi connectivity index (χ1v) is 12.8. The average molecular weight is 545 g/mol. The Labute approximate surface area is 211 Å². The molecule has 4 rings (SSSR count). The molecule has 0 aliphatic heterocycles. The Kier molecular flexibility index (Phi) is 7.12. The molecule has 0 radical (unpaired) electrons. The van der Waals surface area contributed by atoms with Crippen molar-refractivity contribution < 1.29 is 23.1 Å². The van der Waals surface area contributed by atoms with Crippen LogP contribution in [0, 0.1) is 0 Å². The van der Waals surface area contributed by atoms with Crippen molar-refractivity contribution in [1.82, 2.24) is 14.1 Å². The van der Waals surface area contributed by atoms with E-state index in [9.17, 15) is 13.2 Å². The van der Waals surface area contributed by atoms with Gasteiger partial charge in [0.2, 0.25) is 10.0 Å². The van der Waals surface area contributed by atoms with Crippen molar-refractivity contribution in [3.8, 4) is 11.5 Å². The van der Waals surface area contributed by atoms with Gasteiger partial charge < -0.3 is 9.84 Å². The zero-order valence-electron chi connectivity index (χ0n) is 17.9. The van der Waals surface area contributed by atoms with E-state index in [0.29, 0.717) is 35.6 Å². The second kappa shape index (κ2) is 9.75. The minimum atomic E-state index is -3.92. The van der Waals surface area contributed by atoms with E-state index in [2.05, 4.69) is 5.10 Å². The fraction of sp³-hybridized carbons (Fsp3) is 0.273. The number of sulfonamides is 1. The van der Waals surface area contributed by atoms with Crippen LogP contribution >= 0.6 is 34.8 Å². The topological polar surface area (TPSA) is 102 Å². The molecule has 0 bridgehead atoms. The Balaban J connectivity index is 1.59. The van der Waals surface area contributed by atoms with Crippen LogP contribution in [-0.4, -0.2) is 40.6 Å². The van der Waals surface area contributed by atoms with E-state index in [-0.39, 0.29) is 27.2 Å². The smallest absolute Gasteiger partial charge is 0.325 e. The van der Waals surface area contributed by atoms with Gasteiger partial charge in [0.25, 0.3) is 0 Å². The van der Waals surface area contributed by atoms with Crippen LogP contribution in [0.3, 0.4) is 0 Å². The molecule has 12 heteroatoms. The molecule has 0 fully saturated rings. The summed E-state index contributed by atoms with van der Waals surface area (Å²) in [4.78, 5) is 11.1. The van der Waals surface area contributed by atoms with Gasteiger partial charge in [-0.1, -0.05) is 34.8 Å². The number of hydrogen-bond acceptors (Lipinski definition) is 5. The van der Waals surface area contributed by atoms with Crippen LogP contribution < -0.4 is 4.74 Å². The van der Waals surface area contributed by atoms with Gasteiger partial charge in [-0.3, -0.25) is 9.48 Å². The molecule has 3 aromatic rings. The lowest BCUT2D eigenvalue weighted by Crippen LogP contribution is -2.33. The van der Waals surface area contributed by atoms with Gasteiger partial charge in [0.05, 0.1) is 27.2 Å². The van der Waals surface area contributed by atoms with E-state index in [1.54, 1.807) is 18.3 Å². The third-order valence-corrected chi connectivity index (χ3v) is 8.34. The number of benzene rings is 2. The van der Waals surface area contributed by atoms with Gasteiger partial charge in [-0.2, -0.15) is 9.40 Å². The van der Waals surface area contributed by atoms with Gasteiger partial charge in [0.15, 0.2) is 0 Å². The molecule has 1 unspecified atom stereocenters. The molecule has 1 aliphatic carbocycles. The first-order valence-electron chi connectivity index (χ1n) is 10.2. The molecule has 0 spiro atoms. The SMILES string of the molecule is CN(C1CCCc2c1cnn2CC(=O)O)S(=O)(=O)c1ccc(Oc2ccc(Cl)cc2Cl)c(Cl)c1. The monoisotopic (exact) mass is 543 g/mol. The molecule has 1 aromatic heterocycles. The first kappa shape index (κ1) is 24.8. The molecule has 1 heterocycles. The van der Waals surface area contributed by atoms with Crippen LogP contribution in [0.25, 0.3) is 0 Å². The highest BCUT2D eigenvalue weighted by molar-refractivity contribution is 7.89. The Morgan fingerprint density at radius 2 is 1.85 bits per heavy atom. The summed E-state index contributed by atoms with van der Waals surface area (Å²) in [6, 6.07) is 8.45. The lowest BCUT2D eigenvalue weighted by atomic mass is 9.93. The van der Waals surface area contributed by atoms with Crippen molar-refractivity contribution in [2.45, 2.75) is 36.7 Å². The summed E-state index contributed by atoms with van der Waals surface area (Å²) in [5.41, 5.74) is 1.45. The number of aliphatic carboxylic acids is 1. The molecule has 1 atom stereocenters. The molecule has 180 valence electrons. The maximum absolute atomic E-state index is 13.4. The van der Waals surface area contributed by atoms with Gasteiger partial charge in [-0.15, -0.1) is 0 Å². The van der Waals surface area contributed by atoms with Crippen LogP contribution in [0.2, 0.25) is 15.1 Å². The second-order valence-electron chi connectivity index (χ2n) is 7.80. The minimum absolute atomic E-state index is 0.000366. The van der Waals surface area contributed by atoms with E-state index in [1.807, 2.05) is 0 Å². The zero-order valence-corrected chi connectivity index (χ0v) is 21.0. The number of carboxylic acid groups (broad SMARTS) is 1. The number of aromatic nitrogens is 2. The molecule has 34 heavy (non-hydrogen) atoms. The van der Waals surface area contributed by atoms with Crippen molar-refractivity contribution in [2.24, 2.45) is 0 Å². The molecule has 1 N–H and O–H groups in total. The Morgan fingerprint density at radius 3 is 2.50 bits per heavy atom. The van der Waals surface area contributed by atoms with Crippen molar-refractivity contribution in [3.05, 3.63) is 68.9 Å². The first-order chi connectivity index (χ1) is 16.1. The number of nitrogens with zero attached hydrogens (tertiary/aromatic N) is 3. The van der Waals surface area contributed by atoms with Crippen molar-refractivity contribution in [3.63, 3.8) is 0 Å². The highest BCUT2D eigenvalue weighted by Crippen LogP contribution is 2.39. The maximum Gasteiger partial charge on any atom is 0.325 e. The molecular formula is C22H20Cl3N3O5S. The van der Waals surface area contributed by atoms with Crippen molar-refractivity contribution in [1.29, 1.82) is 0 Å². The van der Waals surface area contributed by atoms with Gasteiger partial charge in [0.1, 0.15) is 18.0 Å². The van der Waals surface area contributed by atoms with Crippen LogP contribution in [0.4, 0.5) is 0 Å². The largest absolute Gasteiger partial charge is 0.480 e. The van der Waals surface area contributed by atoms with Gasteiger partial charge >= 0.3 is 5.97 Å². The number of ether oxygens (including phenoxy) is 1. The Bertz CT molecular complexity index is 1360. The lowest BCUT2D eigenvalue weighted by Gasteiger charge is -2.31. The van der Waals surface area contributed by atoms with Crippen molar-refractivity contribution in [2.75, 3.05) is 7.05 Å². The van der Waals surface area contributed by atoms with Crippen LogP contribution in [0.5, 0.6) is 11.5 Å². The summed E-state index contributed by atoms with van der Waals surface area (Å²) in [5, 5.41) is 14.1. The number of fused-ring (bicyclic) bond motifs is 1.